The van der Waals surface area contributed by atoms with Gasteiger partial charge in [-0.3, -0.25) is 14.6 Å². The first kappa shape index (κ1) is 20.8. The summed E-state index contributed by atoms with van der Waals surface area (Å²) in [4.78, 5) is 30.1. The Kier molecular flexibility index (Phi) is 7.19. The quantitative estimate of drug-likeness (QED) is 0.776. The molecule has 0 unspecified atom stereocenters. The summed E-state index contributed by atoms with van der Waals surface area (Å²) in [5.41, 5.74) is 2.68. The van der Waals surface area contributed by atoms with Gasteiger partial charge in [0.2, 0.25) is 5.91 Å². The van der Waals surface area contributed by atoms with E-state index in [9.17, 15) is 9.59 Å². The van der Waals surface area contributed by atoms with Gasteiger partial charge >= 0.3 is 0 Å². The van der Waals surface area contributed by atoms with Crippen LogP contribution in [0, 0.1) is 6.92 Å². The van der Waals surface area contributed by atoms with Crippen LogP contribution in [0.4, 0.5) is 0 Å². The summed E-state index contributed by atoms with van der Waals surface area (Å²) in [5.74, 6) is 0.620. The van der Waals surface area contributed by atoms with E-state index in [4.69, 9.17) is 9.47 Å². The Bertz CT molecular complexity index is 830. The van der Waals surface area contributed by atoms with E-state index in [2.05, 4.69) is 10.3 Å². The average molecular weight is 397 g/mol. The first-order valence-corrected chi connectivity index (χ1v) is 9.78. The number of hydrogen-bond donors (Lipinski definition) is 1. The van der Waals surface area contributed by atoms with Gasteiger partial charge in [-0.15, -0.1) is 0 Å². The molecule has 0 atom stereocenters. The minimum atomic E-state index is -0.127. The number of amides is 2. The molecule has 0 aliphatic carbocycles. The van der Waals surface area contributed by atoms with Crippen LogP contribution in [0.2, 0.25) is 0 Å². The molecule has 2 amide bonds. The Hall–Kier alpha value is -2.93. The fourth-order valence-electron chi connectivity index (χ4n) is 3.29. The maximum Gasteiger partial charge on any atom is 0.251 e. The lowest BCUT2D eigenvalue weighted by molar-refractivity contribution is -0.136. The molecule has 1 N–H and O–H groups in total. The van der Waals surface area contributed by atoms with Crippen molar-refractivity contribution >= 4 is 11.8 Å². The molecule has 1 aliphatic rings. The van der Waals surface area contributed by atoms with E-state index in [1.807, 2.05) is 25.1 Å². The van der Waals surface area contributed by atoms with E-state index < -0.39 is 0 Å². The summed E-state index contributed by atoms with van der Waals surface area (Å²) in [6, 6.07) is 9.06. The number of methoxy groups -OCH3 is 1. The third-order valence-corrected chi connectivity index (χ3v) is 5.06. The monoisotopic (exact) mass is 397 g/mol. The lowest BCUT2D eigenvalue weighted by Gasteiger charge is -2.32. The van der Waals surface area contributed by atoms with Crippen molar-refractivity contribution in [2.45, 2.75) is 32.4 Å². The van der Waals surface area contributed by atoms with Crippen molar-refractivity contribution in [3.63, 3.8) is 0 Å². The fraction of sp³-hybridized carbons (Fsp3) is 0.409. The van der Waals surface area contributed by atoms with Gasteiger partial charge < -0.3 is 19.7 Å². The van der Waals surface area contributed by atoms with E-state index >= 15 is 0 Å². The third kappa shape index (κ3) is 5.77. The van der Waals surface area contributed by atoms with E-state index in [1.165, 1.54) is 7.11 Å². The summed E-state index contributed by atoms with van der Waals surface area (Å²) in [5, 5.41) is 2.93. The van der Waals surface area contributed by atoms with Crippen LogP contribution in [-0.4, -0.2) is 54.6 Å². The number of carbonyl (C=O) groups is 2. The standard InChI is InChI=1S/C22H27N3O4/c1-16-13-23-10-7-18(16)14-24-22(27)17-3-5-19(6-4-17)29-20-8-11-25(12-9-20)21(26)15-28-2/h3-7,10,13,20H,8-9,11-12,14-15H2,1-2H3,(H,24,27). The molecule has 0 bridgehead atoms. The molecule has 7 heteroatoms. The molecule has 29 heavy (non-hydrogen) atoms. The summed E-state index contributed by atoms with van der Waals surface area (Å²) in [6.07, 6.45) is 5.13. The number of carbonyl (C=O) groups excluding carboxylic acids is 2. The number of aryl methyl sites for hydroxylation is 1. The number of ether oxygens (including phenoxy) is 2. The molecule has 154 valence electrons. The molecule has 1 saturated heterocycles. The highest BCUT2D eigenvalue weighted by atomic mass is 16.5. The van der Waals surface area contributed by atoms with Crippen LogP contribution < -0.4 is 10.1 Å². The van der Waals surface area contributed by atoms with Gasteiger partial charge in [-0.25, -0.2) is 0 Å². The predicted octanol–water partition coefficient (Wildman–Crippen LogP) is 2.34. The number of pyridine rings is 1. The van der Waals surface area contributed by atoms with Crippen LogP contribution in [0.5, 0.6) is 5.75 Å². The van der Waals surface area contributed by atoms with Crippen molar-refractivity contribution in [2.75, 3.05) is 26.8 Å². The maximum atomic E-state index is 12.4. The van der Waals surface area contributed by atoms with Gasteiger partial charge in [0.25, 0.3) is 5.91 Å². The Balaban J connectivity index is 1.47. The summed E-state index contributed by atoms with van der Waals surface area (Å²) < 4.78 is 10.9. The smallest absolute Gasteiger partial charge is 0.251 e. The molecule has 0 spiro atoms. The topological polar surface area (TPSA) is 80.8 Å². The number of benzene rings is 1. The minimum Gasteiger partial charge on any atom is -0.490 e. The molecule has 1 aromatic heterocycles. The van der Waals surface area contributed by atoms with Gasteiger partial charge in [0.05, 0.1) is 0 Å². The van der Waals surface area contributed by atoms with E-state index in [-0.39, 0.29) is 24.5 Å². The van der Waals surface area contributed by atoms with E-state index in [1.54, 1.807) is 29.4 Å². The maximum absolute atomic E-state index is 12.4. The molecule has 7 nitrogen and oxygen atoms in total. The largest absolute Gasteiger partial charge is 0.490 e. The van der Waals surface area contributed by atoms with Gasteiger partial charge in [-0.05, 0) is 48.4 Å². The zero-order chi connectivity index (χ0) is 20.6. The van der Waals surface area contributed by atoms with Crippen LogP contribution in [0.25, 0.3) is 0 Å². The first-order valence-electron chi connectivity index (χ1n) is 9.78. The molecular weight excluding hydrogens is 370 g/mol. The second-order valence-electron chi connectivity index (χ2n) is 7.14. The van der Waals surface area contributed by atoms with Crippen LogP contribution >= 0.6 is 0 Å². The SMILES string of the molecule is COCC(=O)N1CCC(Oc2ccc(C(=O)NCc3ccncc3C)cc2)CC1. The zero-order valence-electron chi connectivity index (χ0n) is 16.9. The van der Waals surface area contributed by atoms with Gasteiger partial charge in [0.1, 0.15) is 18.5 Å². The lowest BCUT2D eigenvalue weighted by Crippen LogP contribution is -2.43. The third-order valence-electron chi connectivity index (χ3n) is 5.06. The van der Waals surface area contributed by atoms with Gasteiger partial charge in [-0.2, -0.15) is 0 Å². The van der Waals surface area contributed by atoms with Gasteiger partial charge in [0.15, 0.2) is 0 Å². The summed E-state index contributed by atoms with van der Waals surface area (Å²) >= 11 is 0. The fourth-order valence-corrected chi connectivity index (χ4v) is 3.29. The highest BCUT2D eigenvalue weighted by Gasteiger charge is 2.23. The number of likely N-dealkylation sites (tertiary alicyclic amines) is 1. The zero-order valence-corrected chi connectivity index (χ0v) is 16.9. The van der Waals surface area contributed by atoms with E-state index in [0.717, 1.165) is 29.7 Å². The minimum absolute atomic E-state index is 0.0169. The Morgan fingerprint density at radius 3 is 2.55 bits per heavy atom. The second-order valence-corrected chi connectivity index (χ2v) is 7.14. The Morgan fingerprint density at radius 2 is 1.90 bits per heavy atom. The molecule has 1 aromatic carbocycles. The Morgan fingerprint density at radius 1 is 1.17 bits per heavy atom. The molecule has 2 aromatic rings. The second kappa shape index (κ2) is 10.0. The Labute approximate surface area is 171 Å². The predicted molar refractivity (Wildman–Crippen MR) is 109 cm³/mol. The number of nitrogens with zero attached hydrogens (tertiary/aromatic N) is 2. The molecule has 1 fully saturated rings. The number of nitrogens with one attached hydrogen (secondary N) is 1. The number of rotatable bonds is 7. The van der Waals surface area contributed by atoms with Crippen LogP contribution in [0.1, 0.15) is 34.3 Å². The molecular formula is C22H27N3O4. The van der Waals surface area contributed by atoms with Gasteiger partial charge in [0, 0.05) is 57.5 Å². The lowest BCUT2D eigenvalue weighted by atomic mass is 10.1. The molecule has 2 heterocycles. The van der Waals surface area contributed by atoms with Crippen molar-refractivity contribution in [1.82, 2.24) is 15.2 Å². The van der Waals surface area contributed by atoms with Gasteiger partial charge in [-0.1, -0.05) is 0 Å². The van der Waals surface area contributed by atoms with Crippen molar-refractivity contribution < 1.29 is 19.1 Å². The van der Waals surface area contributed by atoms with Crippen LogP contribution in [0.15, 0.2) is 42.7 Å². The highest BCUT2D eigenvalue weighted by Crippen LogP contribution is 2.20. The van der Waals surface area contributed by atoms with Crippen LogP contribution in [0.3, 0.4) is 0 Å². The molecule has 3 rings (SSSR count). The van der Waals surface area contributed by atoms with Crippen molar-refractivity contribution in [2.24, 2.45) is 0 Å². The normalized spacial score (nSPS) is 14.5. The van der Waals surface area contributed by atoms with Crippen LogP contribution in [-0.2, 0) is 16.1 Å². The summed E-state index contributed by atoms with van der Waals surface area (Å²) in [7, 11) is 1.53. The molecule has 0 radical (unpaired) electrons. The van der Waals surface area contributed by atoms with Crippen molar-refractivity contribution in [3.8, 4) is 5.75 Å². The van der Waals surface area contributed by atoms with Crippen molar-refractivity contribution in [1.29, 1.82) is 0 Å². The van der Waals surface area contributed by atoms with E-state index in [0.29, 0.717) is 25.2 Å². The summed E-state index contributed by atoms with van der Waals surface area (Å²) in [6.45, 7) is 3.89. The number of piperidine rings is 1. The first-order chi connectivity index (χ1) is 14.1. The average Bonchev–Trinajstić information content (AvgIpc) is 2.74. The molecule has 1 aliphatic heterocycles. The highest BCUT2D eigenvalue weighted by molar-refractivity contribution is 5.94. The molecule has 0 saturated carbocycles. The number of hydrogen-bond acceptors (Lipinski definition) is 5. The number of aromatic nitrogens is 1. The van der Waals surface area contributed by atoms with Crippen molar-refractivity contribution in [3.05, 3.63) is 59.4 Å².